The molecule has 4 heterocycles. The van der Waals surface area contributed by atoms with Crippen molar-refractivity contribution in [3.8, 4) is 11.3 Å². The monoisotopic (exact) mass is 403 g/mol. The molecule has 8 heteroatoms. The third-order valence-electron chi connectivity index (χ3n) is 5.05. The van der Waals surface area contributed by atoms with Gasteiger partial charge >= 0.3 is 0 Å². The molecule has 0 aliphatic heterocycles. The normalized spacial score (nSPS) is 11.5. The third-order valence-corrected chi connectivity index (χ3v) is 5.05. The molecule has 5 rings (SSSR count). The van der Waals surface area contributed by atoms with Crippen LogP contribution in [0, 0.1) is 11.0 Å². The van der Waals surface area contributed by atoms with Crippen molar-refractivity contribution < 1.29 is 13.6 Å². The summed E-state index contributed by atoms with van der Waals surface area (Å²) in [5.41, 5.74) is 3.87. The summed E-state index contributed by atoms with van der Waals surface area (Å²) in [7, 11) is 0. The number of aromatic nitrogens is 5. The van der Waals surface area contributed by atoms with Crippen LogP contribution in [-0.4, -0.2) is 19.7 Å². The van der Waals surface area contributed by atoms with E-state index in [1.807, 2.05) is 10.6 Å². The molecule has 0 spiro atoms. The first-order valence-corrected chi connectivity index (χ1v) is 9.71. The fourth-order valence-corrected chi connectivity index (χ4v) is 3.68. The quantitative estimate of drug-likeness (QED) is 0.327. The van der Waals surface area contributed by atoms with Crippen LogP contribution >= 0.6 is 0 Å². The average Bonchev–Trinajstić information content (AvgIpc) is 3.35. The SMILES string of the molecule is CCCc1nc2c[n+]([O-])c3cccnc3c2n1Cc1cc(-c2ccc(F)cc2)no1. The fourth-order valence-electron chi connectivity index (χ4n) is 3.68. The molecule has 0 amide bonds. The number of rotatable bonds is 5. The lowest BCUT2D eigenvalue weighted by Crippen LogP contribution is -2.26. The molecule has 0 unspecified atom stereocenters. The molecule has 0 fully saturated rings. The van der Waals surface area contributed by atoms with Gasteiger partial charge in [0.25, 0.3) is 0 Å². The van der Waals surface area contributed by atoms with Crippen molar-refractivity contribution >= 4 is 22.1 Å². The van der Waals surface area contributed by atoms with Gasteiger partial charge in [0.1, 0.15) is 22.9 Å². The highest BCUT2D eigenvalue weighted by molar-refractivity contribution is 5.97. The van der Waals surface area contributed by atoms with Gasteiger partial charge in [-0.3, -0.25) is 0 Å². The molecule has 0 aliphatic carbocycles. The number of hydrogen-bond acceptors (Lipinski definition) is 5. The summed E-state index contributed by atoms with van der Waals surface area (Å²) >= 11 is 0. The molecule has 30 heavy (non-hydrogen) atoms. The van der Waals surface area contributed by atoms with E-state index in [-0.39, 0.29) is 5.82 Å². The van der Waals surface area contributed by atoms with Gasteiger partial charge in [-0.2, -0.15) is 4.73 Å². The molecule has 0 bridgehead atoms. The topological polar surface area (TPSA) is 83.7 Å². The predicted octanol–water partition coefficient (Wildman–Crippen LogP) is 4.01. The highest BCUT2D eigenvalue weighted by atomic mass is 19.1. The lowest BCUT2D eigenvalue weighted by atomic mass is 10.1. The van der Waals surface area contributed by atoms with Crippen LogP contribution in [0.25, 0.3) is 33.3 Å². The zero-order valence-corrected chi connectivity index (χ0v) is 16.2. The fraction of sp³-hybridized carbons (Fsp3) is 0.182. The van der Waals surface area contributed by atoms with E-state index in [4.69, 9.17) is 4.52 Å². The number of benzene rings is 1. The van der Waals surface area contributed by atoms with E-state index >= 15 is 0 Å². The zero-order chi connectivity index (χ0) is 20.7. The standard InChI is InChI=1S/C22H18FN5O2/c1-2-4-20-25-18-13-28(29)19-5-3-10-24-21(19)22(18)27(20)12-16-11-17(26-30-16)14-6-8-15(23)9-7-14/h3,5-11,13H,2,4,12H2,1H3. The molecule has 4 aromatic heterocycles. The van der Waals surface area contributed by atoms with E-state index in [1.165, 1.54) is 18.3 Å². The van der Waals surface area contributed by atoms with Gasteiger partial charge in [-0.25, -0.2) is 14.4 Å². The summed E-state index contributed by atoms with van der Waals surface area (Å²) in [5, 5.41) is 16.5. The van der Waals surface area contributed by atoms with Gasteiger partial charge in [0.15, 0.2) is 16.8 Å². The minimum Gasteiger partial charge on any atom is -0.618 e. The number of fused-ring (bicyclic) bond motifs is 3. The molecule has 0 radical (unpaired) electrons. The lowest BCUT2D eigenvalue weighted by molar-refractivity contribution is -0.575. The van der Waals surface area contributed by atoms with E-state index < -0.39 is 0 Å². The van der Waals surface area contributed by atoms with Crippen LogP contribution in [0.3, 0.4) is 0 Å². The molecular formula is C22H18FN5O2. The summed E-state index contributed by atoms with van der Waals surface area (Å²) < 4.78 is 21.6. The number of halogens is 1. The van der Waals surface area contributed by atoms with Crippen LogP contribution in [0.1, 0.15) is 24.9 Å². The van der Waals surface area contributed by atoms with Gasteiger partial charge in [-0.1, -0.05) is 12.1 Å². The smallest absolute Gasteiger partial charge is 0.244 e. The maximum absolute atomic E-state index is 13.2. The van der Waals surface area contributed by atoms with Crippen molar-refractivity contribution in [1.82, 2.24) is 19.7 Å². The van der Waals surface area contributed by atoms with Gasteiger partial charge in [0, 0.05) is 30.3 Å². The largest absolute Gasteiger partial charge is 0.618 e. The van der Waals surface area contributed by atoms with Crippen molar-refractivity contribution in [2.24, 2.45) is 0 Å². The Morgan fingerprint density at radius 2 is 2.03 bits per heavy atom. The summed E-state index contributed by atoms with van der Waals surface area (Å²) in [6.45, 7) is 2.48. The highest BCUT2D eigenvalue weighted by Gasteiger charge is 2.20. The van der Waals surface area contributed by atoms with Crippen molar-refractivity contribution in [3.05, 3.63) is 77.5 Å². The second kappa shape index (κ2) is 7.22. The van der Waals surface area contributed by atoms with Crippen LogP contribution in [-0.2, 0) is 13.0 Å². The Morgan fingerprint density at radius 1 is 1.20 bits per heavy atom. The maximum Gasteiger partial charge on any atom is 0.244 e. The average molecular weight is 403 g/mol. The molecule has 0 N–H and O–H groups in total. The maximum atomic E-state index is 13.2. The Bertz CT molecular complexity index is 1360. The minimum absolute atomic E-state index is 0.299. The van der Waals surface area contributed by atoms with E-state index in [2.05, 4.69) is 22.0 Å². The number of imidazole rings is 1. The number of pyridine rings is 2. The molecule has 5 aromatic rings. The first-order valence-electron chi connectivity index (χ1n) is 9.71. The van der Waals surface area contributed by atoms with E-state index in [0.29, 0.717) is 34.5 Å². The first kappa shape index (κ1) is 18.2. The van der Waals surface area contributed by atoms with Gasteiger partial charge in [0.05, 0.1) is 6.54 Å². The minimum atomic E-state index is -0.299. The summed E-state index contributed by atoms with van der Waals surface area (Å²) in [4.78, 5) is 9.13. The van der Waals surface area contributed by atoms with E-state index in [0.717, 1.165) is 34.5 Å². The Morgan fingerprint density at radius 3 is 2.83 bits per heavy atom. The second-order valence-corrected chi connectivity index (χ2v) is 7.11. The Hall–Kier alpha value is -3.81. The number of aryl methyl sites for hydroxylation is 1. The molecule has 0 saturated carbocycles. The number of nitrogens with zero attached hydrogens (tertiary/aromatic N) is 5. The van der Waals surface area contributed by atoms with E-state index in [1.54, 1.807) is 30.5 Å². The summed E-state index contributed by atoms with van der Waals surface area (Å²) in [6.07, 6.45) is 4.81. The molecule has 150 valence electrons. The Kier molecular flexibility index (Phi) is 4.39. The Labute approximate surface area is 171 Å². The zero-order valence-electron chi connectivity index (χ0n) is 16.2. The molecule has 0 atom stereocenters. The van der Waals surface area contributed by atoms with Crippen LogP contribution in [0.5, 0.6) is 0 Å². The molecule has 0 aliphatic rings. The van der Waals surface area contributed by atoms with Crippen LogP contribution in [0.15, 0.2) is 59.4 Å². The molecule has 1 aromatic carbocycles. The molecule has 0 saturated heterocycles. The summed E-state index contributed by atoms with van der Waals surface area (Å²) in [6, 6.07) is 11.4. The second-order valence-electron chi connectivity index (χ2n) is 7.11. The van der Waals surface area contributed by atoms with Gasteiger partial charge < -0.3 is 14.3 Å². The molecular weight excluding hydrogens is 385 g/mol. The van der Waals surface area contributed by atoms with Crippen LogP contribution in [0.2, 0.25) is 0 Å². The van der Waals surface area contributed by atoms with E-state index in [9.17, 15) is 9.60 Å². The predicted molar refractivity (Wildman–Crippen MR) is 109 cm³/mol. The first-order chi connectivity index (χ1) is 14.6. The third kappa shape index (κ3) is 3.06. The van der Waals surface area contributed by atoms with Gasteiger partial charge in [-0.15, -0.1) is 0 Å². The van der Waals surface area contributed by atoms with Crippen molar-refractivity contribution in [2.45, 2.75) is 26.3 Å². The Balaban J connectivity index is 1.62. The van der Waals surface area contributed by atoms with Crippen molar-refractivity contribution in [2.75, 3.05) is 0 Å². The summed E-state index contributed by atoms with van der Waals surface area (Å²) in [5.74, 6) is 1.19. The van der Waals surface area contributed by atoms with Gasteiger partial charge in [-0.05, 0) is 36.8 Å². The van der Waals surface area contributed by atoms with Crippen molar-refractivity contribution in [1.29, 1.82) is 0 Å². The van der Waals surface area contributed by atoms with Crippen molar-refractivity contribution in [3.63, 3.8) is 0 Å². The van der Waals surface area contributed by atoms with Crippen LogP contribution in [0.4, 0.5) is 4.39 Å². The highest BCUT2D eigenvalue weighted by Crippen LogP contribution is 2.26. The molecule has 7 nitrogen and oxygen atoms in total. The van der Waals surface area contributed by atoms with Gasteiger partial charge in [0.2, 0.25) is 11.7 Å². The lowest BCUT2D eigenvalue weighted by Gasteiger charge is -2.07. The van der Waals surface area contributed by atoms with Crippen LogP contribution < -0.4 is 4.73 Å². The number of hydrogen-bond donors (Lipinski definition) is 0.